The highest BCUT2D eigenvalue weighted by Gasteiger charge is 2.70. The number of rotatable bonds is 2. The van der Waals surface area contributed by atoms with Gasteiger partial charge in [-0.05, 0) is 5.56 Å². The number of nitrogens with zero attached hydrogens (tertiary/aromatic N) is 2. The minimum atomic E-state index is -6.32. The number of fused-ring (bicyclic) bond motifs is 1. The maximum Gasteiger partial charge on any atom is 0.469 e. The van der Waals surface area contributed by atoms with Crippen LogP contribution in [0.5, 0.6) is 0 Å². The number of hydrogen-bond donors (Lipinski definition) is 1. The zero-order valence-electron chi connectivity index (χ0n) is 12.2. The summed E-state index contributed by atoms with van der Waals surface area (Å²) in [5.41, 5.74) is 2.46. The summed E-state index contributed by atoms with van der Waals surface area (Å²) in [7, 11) is -6.19. The largest absolute Gasteiger partial charge is 0.469 e. The quantitative estimate of drug-likeness (QED) is 0.793. The van der Waals surface area contributed by atoms with E-state index in [-0.39, 0.29) is 6.42 Å². The van der Waals surface area contributed by atoms with Crippen LogP contribution in [0.2, 0.25) is 0 Å². The van der Waals surface area contributed by atoms with Crippen LogP contribution in [0.25, 0.3) is 0 Å². The van der Waals surface area contributed by atoms with Crippen molar-refractivity contribution in [3.63, 3.8) is 0 Å². The first-order valence-corrected chi connectivity index (χ1v) is 8.46. The second kappa shape index (κ2) is 5.59. The lowest BCUT2D eigenvalue weighted by atomic mass is 10.1. The number of amidine groups is 1. The average molecular weight is 387 g/mol. The van der Waals surface area contributed by atoms with Crippen molar-refractivity contribution in [1.82, 2.24) is 10.4 Å². The summed E-state index contributed by atoms with van der Waals surface area (Å²) < 4.78 is 101. The molecule has 2 heterocycles. The number of aliphatic imine (C=N–C) groups is 1. The van der Waals surface area contributed by atoms with Gasteiger partial charge in [0.1, 0.15) is 6.17 Å². The molecule has 0 amide bonds. The van der Waals surface area contributed by atoms with E-state index in [1.54, 1.807) is 30.3 Å². The van der Waals surface area contributed by atoms with Crippen molar-refractivity contribution in [1.29, 1.82) is 0 Å². The highest BCUT2D eigenvalue weighted by molar-refractivity contribution is 8.07. The molecule has 25 heavy (non-hydrogen) atoms. The third-order valence-electron chi connectivity index (χ3n) is 3.97. The van der Waals surface area contributed by atoms with E-state index in [1.165, 1.54) is 0 Å². The molecule has 138 valence electrons. The Morgan fingerprint density at radius 2 is 1.72 bits per heavy atom. The van der Waals surface area contributed by atoms with Crippen LogP contribution >= 0.6 is 0 Å². The van der Waals surface area contributed by atoms with Crippen molar-refractivity contribution in [2.45, 2.75) is 36.2 Å². The molecular weight excluding hydrogens is 376 g/mol. The molecule has 0 radical (unpaired) electrons. The summed E-state index contributed by atoms with van der Waals surface area (Å²) in [6, 6.07) is 7.36. The van der Waals surface area contributed by atoms with Gasteiger partial charge < -0.3 is 0 Å². The molecule has 0 aliphatic carbocycles. The average Bonchev–Trinajstić information content (AvgIpc) is 3.08. The molecule has 12 heteroatoms. The molecule has 2 aliphatic rings. The van der Waals surface area contributed by atoms with Gasteiger partial charge in [-0.3, -0.25) is 5.43 Å². The number of sulfone groups is 1. The fourth-order valence-electron chi connectivity index (χ4n) is 2.73. The molecule has 0 saturated carbocycles. The molecule has 0 bridgehead atoms. The Kier molecular flexibility index (Phi) is 4.02. The van der Waals surface area contributed by atoms with Crippen molar-refractivity contribution in [3.8, 4) is 0 Å². The molecular formula is C13H11F6N3O2S. The Labute approximate surface area is 138 Å². The van der Waals surface area contributed by atoms with Gasteiger partial charge in [0.25, 0.3) is 9.84 Å². The molecule has 0 spiro atoms. The summed E-state index contributed by atoms with van der Waals surface area (Å²) in [6.07, 6.45) is -9.67. The topological polar surface area (TPSA) is 61.8 Å². The zero-order valence-corrected chi connectivity index (χ0v) is 13.0. The van der Waals surface area contributed by atoms with Crippen LogP contribution in [0.3, 0.4) is 0 Å². The second-order valence-corrected chi connectivity index (χ2v) is 7.47. The van der Waals surface area contributed by atoms with Gasteiger partial charge in [-0.2, -0.15) is 27.0 Å². The van der Waals surface area contributed by atoms with E-state index in [4.69, 9.17) is 0 Å². The van der Waals surface area contributed by atoms with E-state index < -0.39 is 44.8 Å². The molecule has 1 aromatic rings. The third-order valence-corrected chi connectivity index (χ3v) is 5.59. The summed E-state index contributed by atoms with van der Waals surface area (Å²) in [4.78, 5) is 3.25. The van der Waals surface area contributed by atoms with Crippen molar-refractivity contribution in [2.75, 3.05) is 0 Å². The van der Waals surface area contributed by atoms with Gasteiger partial charge >= 0.3 is 11.4 Å². The number of alkyl halides is 6. The highest BCUT2D eigenvalue weighted by atomic mass is 32.2. The van der Waals surface area contributed by atoms with Gasteiger partial charge in [-0.25, -0.2) is 17.8 Å². The Morgan fingerprint density at radius 3 is 2.28 bits per heavy atom. The van der Waals surface area contributed by atoms with Crippen molar-refractivity contribution < 1.29 is 34.8 Å². The lowest BCUT2D eigenvalue weighted by Gasteiger charge is -2.24. The molecule has 3 atom stereocenters. The second-order valence-electron chi connectivity index (χ2n) is 5.56. The molecule has 0 aromatic heterocycles. The Bertz CT molecular complexity index is 796. The molecule has 1 N–H and O–H groups in total. The van der Waals surface area contributed by atoms with E-state index in [1.807, 2.05) is 5.43 Å². The van der Waals surface area contributed by atoms with Crippen LogP contribution in [-0.4, -0.2) is 42.4 Å². The number of halogens is 6. The van der Waals surface area contributed by atoms with Crippen molar-refractivity contribution >= 4 is 15.0 Å². The third kappa shape index (κ3) is 2.67. The molecule has 5 nitrogen and oxygen atoms in total. The van der Waals surface area contributed by atoms with E-state index in [0.29, 0.717) is 5.56 Å². The predicted molar refractivity (Wildman–Crippen MR) is 74.8 cm³/mol. The Morgan fingerprint density at radius 1 is 1.12 bits per heavy atom. The molecule has 1 aromatic carbocycles. The van der Waals surface area contributed by atoms with Gasteiger partial charge in [0.15, 0.2) is 6.17 Å². The molecule has 1 unspecified atom stereocenters. The van der Waals surface area contributed by atoms with E-state index in [0.717, 1.165) is 5.01 Å². The lowest BCUT2D eigenvalue weighted by Crippen LogP contribution is -2.51. The molecule has 3 rings (SSSR count). The predicted octanol–water partition coefficient (Wildman–Crippen LogP) is 2.54. The first-order chi connectivity index (χ1) is 11.5. The van der Waals surface area contributed by atoms with Gasteiger partial charge in [0.2, 0.25) is 5.17 Å². The summed E-state index contributed by atoms with van der Waals surface area (Å²) in [5.74, 6) is 0. The summed E-state index contributed by atoms with van der Waals surface area (Å²) in [5, 5.41) is -6.69. The SMILES string of the molecule is O=S(=O)(C1=NC2[C@@H](F)C[C@@H](c3ccccc3)N2N1)C(F)(F)C(F)(F)F. The van der Waals surface area contributed by atoms with Crippen molar-refractivity contribution in [3.05, 3.63) is 35.9 Å². The molecule has 2 aliphatic heterocycles. The van der Waals surface area contributed by atoms with Gasteiger partial charge in [0, 0.05) is 6.42 Å². The minimum absolute atomic E-state index is 0.117. The van der Waals surface area contributed by atoms with Crippen LogP contribution < -0.4 is 5.43 Å². The van der Waals surface area contributed by atoms with Crippen LogP contribution in [0.1, 0.15) is 18.0 Å². The normalized spacial score (nSPS) is 27.8. The molecule has 1 fully saturated rings. The van der Waals surface area contributed by atoms with E-state index in [2.05, 4.69) is 4.99 Å². The smallest absolute Gasteiger partial charge is 0.291 e. The van der Waals surface area contributed by atoms with E-state index in [9.17, 15) is 34.8 Å². The Hall–Kier alpha value is -1.82. The van der Waals surface area contributed by atoms with Crippen LogP contribution in [-0.2, 0) is 9.84 Å². The first kappa shape index (κ1) is 18.0. The standard InChI is InChI=1S/C13H11F6N3O2S/c14-8-6-9(7-4-2-1-3-5-7)22-10(8)20-11(21-22)25(23,24)13(18,19)12(15,16)17/h1-5,8-10H,6H2,(H,20,21)/t8-,9-,10?/m0/s1. The molecule has 1 saturated heterocycles. The lowest BCUT2D eigenvalue weighted by molar-refractivity contribution is -0.240. The van der Waals surface area contributed by atoms with Gasteiger partial charge in [-0.1, -0.05) is 30.3 Å². The number of hydrogen-bond acceptors (Lipinski definition) is 5. The van der Waals surface area contributed by atoms with Crippen molar-refractivity contribution in [2.24, 2.45) is 4.99 Å². The fraction of sp³-hybridized carbons (Fsp3) is 0.462. The van der Waals surface area contributed by atoms with Crippen LogP contribution in [0.4, 0.5) is 26.3 Å². The first-order valence-electron chi connectivity index (χ1n) is 6.98. The number of hydrazine groups is 1. The summed E-state index contributed by atoms with van der Waals surface area (Å²) in [6.45, 7) is 0. The minimum Gasteiger partial charge on any atom is -0.291 e. The zero-order chi connectivity index (χ0) is 18.6. The fourth-order valence-corrected chi connectivity index (χ4v) is 3.75. The summed E-state index contributed by atoms with van der Waals surface area (Å²) >= 11 is 0. The van der Waals surface area contributed by atoms with E-state index >= 15 is 0 Å². The highest BCUT2D eigenvalue weighted by Crippen LogP contribution is 2.43. The number of benzene rings is 1. The van der Waals surface area contributed by atoms with Gasteiger partial charge in [-0.15, -0.1) is 0 Å². The van der Waals surface area contributed by atoms with Gasteiger partial charge in [0.05, 0.1) is 6.04 Å². The monoisotopic (exact) mass is 387 g/mol. The van der Waals surface area contributed by atoms with Crippen LogP contribution in [0, 0.1) is 0 Å². The maximum atomic E-state index is 14.1. The maximum absolute atomic E-state index is 14.1. The number of nitrogens with one attached hydrogen (secondary N) is 1. The van der Waals surface area contributed by atoms with Crippen LogP contribution in [0.15, 0.2) is 35.3 Å². The Balaban J connectivity index is 1.93.